The van der Waals surface area contributed by atoms with E-state index in [9.17, 15) is 4.79 Å². The monoisotopic (exact) mass is 306 g/mol. The van der Waals surface area contributed by atoms with Crippen molar-refractivity contribution in [2.24, 2.45) is 0 Å². The molecular formula is C14H18N4O2S. The summed E-state index contributed by atoms with van der Waals surface area (Å²) in [5.41, 5.74) is -0.461. The third-order valence-electron chi connectivity index (χ3n) is 3.67. The average molecular weight is 306 g/mol. The van der Waals surface area contributed by atoms with Gasteiger partial charge in [0.1, 0.15) is 16.5 Å². The number of piperazine rings is 1. The smallest absolute Gasteiger partial charge is 0.410 e. The van der Waals surface area contributed by atoms with Crippen molar-refractivity contribution < 1.29 is 9.53 Å². The van der Waals surface area contributed by atoms with E-state index in [-0.39, 0.29) is 18.2 Å². The van der Waals surface area contributed by atoms with Crippen molar-refractivity contribution in [3.63, 3.8) is 0 Å². The van der Waals surface area contributed by atoms with Crippen molar-refractivity contribution in [1.82, 2.24) is 9.88 Å². The molecule has 7 heteroatoms. The molecule has 0 saturated carbocycles. The first kappa shape index (κ1) is 14.1. The Morgan fingerprint density at radius 2 is 2.14 bits per heavy atom. The van der Waals surface area contributed by atoms with E-state index in [2.05, 4.69) is 16.0 Å². The number of nitriles is 1. The lowest BCUT2D eigenvalue weighted by Gasteiger charge is -2.55. The number of carbonyl (C=O) groups excluding carboxylic acids is 1. The maximum Gasteiger partial charge on any atom is 0.410 e. The Balaban J connectivity index is 1.64. The number of piperidine rings is 1. The molecule has 2 bridgehead atoms. The third-order valence-corrected chi connectivity index (χ3v) is 4.63. The summed E-state index contributed by atoms with van der Waals surface area (Å²) in [6.07, 6.45) is 2.40. The molecule has 0 aliphatic carbocycles. The van der Waals surface area contributed by atoms with Gasteiger partial charge in [-0.25, -0.2) is 9.78 Å². The van der Waals surface area contributed by atoms with Gasteiger partial charge in [0.15, 0.2) is 5.13 Å². The summed E-state index contributed by atoms with van der Waals surface area (Å²) in [6, 6.07) is 2.48. The molecule has 2 unspecified atom stereocenters. The zero-order chi connectivity index (χ0) is 15.2. The van der Waals surface area contributed by atoms with Gasteiger partial charge in [-0.3, -0.25) is 4.90 Å². The second kappa shape index (κ2) is 4.88. The fourth-order valence-corrected chi connectivity index (χ4v) is 3.57. The molecule has 3 saturated heterocycles. The number of hydrogen-bond donors (Lipinski definition) is 0. The van der Waals surface area contributed by atoms with E-state index >= 15 is 0 Å². The number of aromatic nitrogens is 1. The molecule has 6 nitrogen and oxygen atoms in total. The Bertz CT molecular complexity index is 589. The van der Waals surface area contributed by atoms with Crippen LogP contribution in [0.25, 0.3) is 0 Å². The summed E-state index contributed by atoms with van der Waals surface area (Å²) in [5, 5.41) is 9.73. The van der Waals surface area contributed by atoms with Gasteiger partial charge in [0.25, 0.3) is 0 Å². The Morgan fingerprint density at radius 3 is 2.67 bits per heavy atom. The van der Waals surface area contributed by atoms with Crippen molar-refractivity contribution in [3.05, 3.63) is 11.1 Å². The summed E-state index contributed by atoms with van der Waals surface area (Å²) in [7, 11) is 0. The van der Waals surface area contributed by atoms with Gasteiger partial charge in [-0.1, -0.05) is 11.3 Å². The number of ether oxygens (including phenoxy) is 1. The number of anilines is 1. The fraction of sp³-hybridized carbons (Fsp3) is 0.643. The van der Waals surface area contributed by atoms with Crippen molar-refractivity contribution >= 4 is 22.6 Å². The molecule has 1 aromatic heterocycles. The molecule has 3 aliphatic rings. The van der Waals surface area contributed by atoms with Crippen LogP contribution in [-0.4, -0.2) is 46.8 Å². The summed E-state index contributed by atoms with van der Waals surface area (Å²) in [5.74, 6) is 0. The second-order valence-electron chi connectivity index (χ2n) is 6.45. The van der Waals surface area contributed by atoms with E-state index < -0.39 is 5.60 Å². The largest absolute Gasteiger partial charge is 0.444 e. The molecule has 0 N–H and O–H groups in total. The first-order chi connectivity index (χ1) is 9.87. The van der Waals surface area contributed by atoms with Crippen molar-refractivity contribution in [2.75, 3.05) is 18.0 Å². The van der Waals surface area contributed by atoms with Crippen LogP contribution in [0.4, 0.5) is 9.93 Å². The lowest BCUT2D eigenvalue weighted by molar-refractivity contribution is -0.0379. The zero-order valence-electron chi connectivity index (χ0n) is 12.4. The van der Waals surface area contributed by atoms with Gasteiger partial charge in [-0.05, 0) is 27.2 Å². The maximum atomic E-state index is 12.2. The minimum absolute atomic E-state index is 0.188. The minimum atomic E-state index is -0.461. The molecule has 2 atom stereocenters. The number of rotatable bonds is 1. The summed E-state index contributed by atoms with van der Waals surface area (Å²) < 4.78 is 5.45. The van der Waals surface area contributed by atoms with Crippen LogP contribution in [-0.2, 0) is 4.74 Å². The molecular weight excluding hydrogens is 288 g/mol. The molecule has 112 valence electrons. The van der Waals surface area contributed by atoms with Gasteiger partial charge in [0.2, 0.25) is 0 Å². The van der Waals surface area contributed by atoms with Crippen LogP contribution in [0.2, 0.25) is 0 Å². The predicted molar refractivity (Wildman–Crippen MR) is 79.3 cm³/mol. The Kier molecular flexibility index (Phi) is 3.29. The van der Waals surface area contributed by atoms with Gasteiger partial charge in [0.05, 0.1) is 18.3 Å². The topological polar surface area (TPSA) is 69.5 Å². The van der Waals surface area contributed by atoms with Crippen molar-refractivity contribution in [1.29, 1.82) is 5.26 Å². The standard InChI is InChI=1S/C14H18N4O2S/c1-14(2,3)20-13(19)18-9-4-10(18)8-17(7-9)12-16-6-11(5-15)21-12/h6,9-10H,4,7-8H2,1-3H3. The van der Waals surface area contributed by atoms with Gasteiger partial charge in [0, 0.05) is 13.1 Å². The van der Waals surface area contributed by atoms with Gasteiger partial charge in [-0.2, -0.15) is 5.26 Å². The molecule has 0 radical (unpaired) electrons. The van der Waals surface area contributed by atoms with Crippen LogP contribution in [0.3, 0.4) is 0 Å². The lowest BCUT2D eigenvalue weighted by Crippen LogP contribution is -2.70. The Morgan fingerprint density at radius 1 is 1.48 bits per heavy atom. The summed E-state index contributed by atoms with van der Waals surface area (Å²) in [4.78, 5) is 21.1. The molecule has 3 fully saturated rings. The van der Waals surface area contributed by atoms with Crippen LogP contribution in [0, 0.1) is 11.3 Å². The van der Waals surface area contributed by atoms with E-state index in [0.717, 1.165) is 24.6 Å². The molecule has 4 heterocycles. The highest BCUT2D eigenvalue weighted by Gasteiger charge is 2.49. The number of fused-ring (bicyclic) bond motifs is 2. The zero-order valence-corrected chi connectivity index (χ0v) is 13.2. The highest BCUT2D eigenvalue weighted by atomic mass is 32.1. The minimum Gasteiger partial charge on any atom is -0.444 e. The van der Waals surface area contributed by atoms with Gasteiger partial charge in [-0.15, -0.1) is 0 Å². The van der Waals surface area contributed by atoms with E-state index in [1.165, 1.54) is 11.3 Å². The second-order valence-corrected chi connectivity index (χ2v) is 7.46. The van der Waals surface area contributed by atoms with Crippen LogP contribution in [0.15, 0.2) is 6.20 Å². The molecule has 1 amide bonds. The van der Waals surface area contributed by atoms with Crippen LogP contribution < -0.4 is 4.90 Å². The first-order valence-electron chi connectivity index (χ1n) is 6.99. The molecule has 0 aromatic carbocycles. The summed E-state index contributed by atoms with van der Waals surface area (Å²) >= 11 is 1.40. The molecule has 3 aliphatic heterocycles. The lowest BCUT2D eigenvalue weighted by atomic mass is 9.88. The van der Waals surface area contributed by atoms with E-state index in [0.29, 0.717) is 4.88 Å². The predicted octanol–water partition coefficient (Wildman–Crippen LogP) is 2.21. The average Bonchev–Trinajstić information content (AvgIpc) is 2.85. The Hall–Kier alpha value is -1.81. The molecule has 21 heavy (non-hydrogen) atoms. The first-order valence-corrected chi connectivity index (χ1v) is 7.81. The van der Waals surface area contributed by atoms with Crippen LogP contribution >= 0.6 is 11.3 Å². The van der Waals surface area contributed by atoms with E-state index in [4.69, 9.17) is 10.00 Å². The third kappa shape index (κ3) is 2.68. The number of carbonyl (C=O) groups is 1. The fourth-order valence-electron chi connectivity index (χ4n) is 2.84. The number of hydrogen-bond acceptors (Lipinski definition) is 6. The van der Waals surface area contributed by atoms with Gasteiger partial charge < -0.3 is 9.64 Å². The molecule has 4 rings (SSSR count). The SMILES string of the molecule is CC(C)(C)OC(=O)N1C2CC1CN(c1ncc(C#N)s1)C2. The Labute approximate surface area is 127 Å². The quantitative estimate of drug-likeness (QED) is 0.795. The maximum absolute atomic E-state index is 12.2. The number of thiazole rings is 1. The van der Waals surface area contributed by atoms with E-state index in [1.54, 1.807) is 6.20 Å². The molecule has 0 spiro atoms. The normalized spacial score (nSPS) is 24.3. The number of amides is 1. The highest BCUT2D eigenvalue weighted by Crippen LogP contribution is 2.36. The highest BCUT2D eigenvalue weighted by molar-refractivity contribution is 7.16. The van der Waals surface area contributed by atoms with Crippen LogP contribution in [0.1, 0.15) is 32.1 Å². The molecule has 1 aromatic rings. The van der Waals surface area contributed by atoms with Crippen molar-refractivity contribution in [3.8, 4) is 6.07 Å². The van der Waals surface area contributed by atoms with E-state index in [1.807, 2.05) is 25.7 Å². The van der Waals surface area contributed by atoms with Crippen molar-refractivity contribution in [2.45, 2.75) is 44.9 Å². The summed E-state index contributed by atoms with van der Waals surface area (Å²) in [6.45, 7) is 7.16. The van der Waals surface area contributed by atoms with Crippen LogP contribution in [0.5, 0.6) is 0 Å². The number of nitrogens with zero attached hydrogens (tertiary/aromatic N) is 4. The van der Waals surface area contributed by atoms with Gasteiger partial charge >= 0.3 is 6.09 Å².